The Morgan fingerprint density at radius 3 is 2.41 bits per heavy atom. The Labute approximate surface area is 247 Å². The molecule has 0 saturated heterocycles. The molecule has 2 amide bonds. The molecule has 0 unspecified atom stereocenters. The molecule has 0 fully saturated rings. The van der Waals surface area contributed by atoms with E-state index in [4.69, 9.17) is 9.72 Å². The molecule has 5 rings (SSSR count). The van der Waals surface area contributed by atoms with Crippen LogP contribution in [0.2, 0.25) is 0 Å². The van der Waals surface area contributed by atoms with E-state index < -0.39 is 10.0 Å². The van der Waals surface area contributed by atoms with E-state index in [9.17, 15) is 18.0 Å². The lowest BCUT2D eigenvalue weighted by Gasteiger charge is -2.25. The predicted molar refractivity (Wildman–Crippen MR) is 163 cm³/mol. The summed E-state index contributed by atoms with van der Waals surface area (Å²) in [5.74, 6) is -0.348. The number of carbonyl (C=O) groups is 2. The number of para-hydroxylation sites is 1. The first kappa shape index (κ1) is 29.2. The second kappa shape index (κ2) is 12.3. The third-order valence-electron chi connectivity index (χ3n) is 6.92. The molecule has 1 aliphatic heterocycles. The highest BCUT2D eigenvalue weighted by molar-refractivity contribution is 7.89. The summed E-state index contributed by atoms with van der Waals surface area (Å²) >= 11 is 2.99. The number of thiazole rings is 1. The molecule has 0 bridgehead atoms. The van der Waals surface area contributed by atoms with Crippen molar-refractivity contribution in [1.82, 2.24) is 14.2 Å². The average Bonchev–Trinajstić information content (AvgIpc) is 3.56. The minimum atomic E-state index is -3.64. The fourth-order valence-electron chi connectivity index (χ4n) is 4.94. The van der Waals surface area contributed by atoms with Crippen molar-refractivity contribution in [3.63, 3.8) is 0 Å². The average molecular weight is 613 g/mol. The Kier molecular flexibility index (Phi) is 8.74. The summed E-state index contributed by atoms with van der Waals surface area (Å²) in [5, 5.41) is 4.52. The molecule has 0 aliphatic carbocycles. The van der Waals surface area contributed by atoms with Gasteiger partial charge in [-0.2, -0.15) is 4.31 Å². The van der Waals surface area contributed by atoms with Crippen molar-refractivity contribution in [2.24, 2.45) is 0 Å². The number of carbonyl (C=O) groups excluding carboxylic acids is 2. The van der Waals surface area contributed by atoms with Crippen molar-refractivity contribution >= 4 is 59.9 Å². The van der Waals surface area contributed by atoms with Crippen LogP contribution in [0.15, 0.2) is 53.4 Å². The Hall–Kier alpha value is -3.32. The van der Waals surface area contributed by atoms with E-state index in [-0.39, 0.29) is 16.9 Å². The van der Waals surface area contributed by atoms with Crippen molar-refractivity contribution in [3.8, 4) is 10.6 Å². The first-order valence-corrected chi connectivity index (χ1v) is 16.6. The lowest BCUT2D eigenvalue weighted by Crippen LogP contribution is -2.35. The number of nitrogens with zero attached hydrogens (tertiary/aromatic N) is 3. The van der Waals surface area contributed by atoms with Crippen molar-refractivity contribution < 1.29 is 22.7 Å². The van der Waals surface area contributed by atoms with E-state index in [1.807, 2.05) is 38.1 Å². The summed E-state index contributed by atoms with van der Waals surface area (Å²) in [5.41, 5.74) is 3.17. The molecular formula is C29H32N4O5S3. The molecule has 1 aliphatic rings. The van der Waals surface area contributed by atoms with E-state index in [1.54, 1.807) is 28.4 Å². The number of benzene rings is 2. The number of fused-ring (bicyclic) bond motifs is 2. The number of rotatable bonds is 9. The summed E-state index contributed by atoms with van der Waals surface area (Å²) in [7, 11) is -2.28. The smallest absolute Gasteiger partial charge is 0.409 e. The number of amides is 2. The normalized spacial score (nSPS) is 13.4. The fourth-order valence-corrected chi connectivity index (χ4v) is 8.93. The van der Waals surface area contributed by atoms with Crippen molar-refractivity contribution in [2.75, 3.05) is 32.1 Å². The van der Waals surface area contributed by atoms with E-state index in [1.165, 1.54) is 34.9 Å². The quantitative estimate of drug-likeness (QED) is 0.241. The topological polar surface area (TPSA) is 109 Å². The van der Waals surface area contributed by atoms with E-state index >= 15 is 0 Å². The zero-order valence-electron chi connectivity index (χ0n) is 23.2. The predicted octanol–water partition coefficient (Wildman–Crippen LogP) is 6.21. The first-order chi connectivity index (χ1) is 19.8. The van der Waals surface area contributed by atoms with Crippen LogP contribution in [0.4, 0.5) is 9.80 Å². The maximum atomic E-state index is 13.4. The Morgan fingerprint density at radius 2 is 1.76 bits per heavy atom. The number of hydrogen-bond acceptors (Lipinski definition) is 8. The number of thiophene rings is 1. The molecule has 0 saturated carbocycles. The zero-order chi connectivity index (χ0) is 29.1. The summed E-state index contributed by atoms with van der Waals surface area (Å²) in [6.07, 6.45) is 1.67. The molecule has 3 heterocycles. The maximum absolute atomic E-state index is 13.4. The fraction of sp³-hybridized carbons (Fsp3) is 0.345. The Bertz CT molecular complexity index is 1640. The van der Waals surface area contributed by atoms with Gasteiger partial charge in [0.05, 0.1) is 28.8 Å². The molecular weight excluding hydrogens is 581 g/mol. The SMILES string of the molecule is CCCN(CCC)S(=O)(=O)c1ccc(C(=O)Nc2sc3c(c2-c2nc4ccccc4s2)CCN(C(=O)OC)C3)cc1. The number of methoxy groups -OCH3 is 1. The van der Waals surface area contributed by atoms with Gasteiger partial charge < -0.3 is 15.0 Å². The summed E-state index contributed by atoms with van der Waals surface area (Å²) in [6.45, 7) is 5.68. The van der Waals surface area contributed by atoms with Crippen molar-refractivity contribution in [3.05, 3.63) is 64.5 Å². The Morgan fingerprint density at radius 1 is 1.05 bits per heavy atom. The number of aromatic nitrogens is 1. The monoisotopic (exact) mass is 612 g/mol. The third-order valence-corrected chi connectivity index (χ3v) is 11.0. The first-order valence-electron chi connectivity index (χ1n) is 13.5. The van der Waals surface area contributed by atoms with Gasteiger partial charge in [0.15, 0.2) is 0 Å². The highest BCUT2D eigenvalue weighted by Gasteiger charge is 2.30. The number of ether oxygens (including phenoxy) is 1. The van der Waals surface area contributed by atoms with Gasteiger partial charge in [-0.3, -0.25) is 4.79 Å². The van der Waals surface area contributed by atoms with E-state index in [0.29, 0.717) is 43.2 Å². The lowest BCUT2D eigenvalue weighted by molar-refractivity contribution is 0.102. The molecule has 2 aromatic heterocycles. The highest BCUT2D eigenvalue weighted by atomic mass is 32.2. The molecule has 4 aromatic rings. The van der Waals surface area contributed by atoms with Gasteiger partial charge in [-0.15, -0.1) is 22.7 Å². The molecule has 2 aromatic carbocycles. The summed E-state index contributed by atoms with van der Waals surface area (Å²) < 4.78 is 33.8. The minimum absolute atomic E-state index is 0.167. The van der Waals surface area contributed by atoms with Gasteiger partial charge in [-0.05, 0) is 61.2 Å². The second-order valence-electron chi connectivity index (χ2n) is 9.72. The second-order valence-corrected chi connectivity index (χ2v) is 13.8. The van der Waals surface area contributed by atoms with Gasteiger partial charge in [0.2, 0.25) is 10.0 Å². The van der Waals surface area contributed by atoms with Crippen LogP contribution in [0.25, 0.3) is 20.8 Å². The number of nitrogens with one attached hydrogen (secondary N) is 1. The zero-order valence-corrected chi connectivity index (χ0v) is 25.6. The van der Waals surface area contributed by atoms with Crippen LogP contribution in [0.5, 0.6) is 0 Å². The molecule has 216 valence electrons. The van der Waals surface area contributed by atoms with Gasteiger partial charge in [0, 0.05) is 35.6 Å². The molecule has 0 radical (unpaired) electrons. The number of hydrogen-bond donors (Lipinski definition) is 1. The lowest BCUT2D eigenvalue weighted by atomic mass is 10.0. The molecule has 9 nitrogen and oxygen atoms in total. The number of sulfonamides is 1. The molecule has 0 atom stereocenters. The Balaban J connectivity index is 1.46. The van der Waals surface area contributed by atoms with Crippen molar-refractivity contribution in [1.29, 1.82) is 0 Å². The third kappa shape index (κ3) is 5.87. The van der Waals surface area contributed by atoms with Gasteiger partial charge in [-0.1, -0.05) is 26.0 Å². The summed E-state index contributed by atoms with van der Waals surface area (Å²) in [4.78, 5) is 33.3. The van der Waals surface area contributed by atoms with Crippen LogP contribution in [0.3, 0.4) is 0 Å². The largest absolute Gasteiger partial charge is 0.453 e. The van der Waals surface area contributed by atoms with Crippen LogP contribution in [-0.2, 0) is 27.7 Å². The summed E-state index contributed by atoms with van der Waals surface area (Å²) in [6, 6.07) is 14.0. The standard InChI is InChI=1S/C29H32N4O5S3/c1-4-15-33(16-5-2)41(36,37)20-12-10-19(11-13-20)26(34)31-28-25(27-30-22-8-6-7-9-23(22)39-27)21-14-17-32(29(35)38-3)18-24(21)40-28/h6-13H,4-5,14-18H2,1-3H3,(H,31,34). The molecule has 12 heteroatoms. The molecule has 41 heavy (non-hydrogen) atoms. The van der Waals surface area contributed by atoms with Crippen LogP contribution in [0, 0.1) is 0 Å². The highest BCUT2D eigenvalue weighted by Crippen LogP contribution is 2.46. The molecule has 1 N–H and O–H groups in total. The van der Waals surface area contributed by atoms with E-state index in [2.05, 4.69) is 5.32 Å². The molecule has 0 spiro atoms. The van der Waals surface area contributed by atoms with E-state index in [0.717, 1.165) is 44.1 Å². The maximum Gasteiger partial charge on any atom is 0.409 e. The number of anilines is 1. The van der Waals surface area contributed by atoms with Gasteiger partial charge in [0.25, 0.3) is 5.91 Å². The van der Waals surface area contributed by atoms with Crippen LogP contribution >= 0.6 is 22.7 Å². The van der Waals surface area contributed by atoms with Crippen molar-refractivity contribution in [2.45, 2.75) is 44.6 Å². The van der Waals surface area contributed by atoms with Gasteiger partial charge in [0.1, 0.15) is 10.0 Å². The van der Waals surface area contributed by atoms with Crippen LogP contribution in [0.1, 0.15) is 47.5 Å². The van der Waals surface area contributed by atoms with Crippen LogP contribution < -0.4 is 5.32 Å². The van der Waals surface area contributed by atoms with Gasteiger partial charge >= 0.3 is 6.09 Å². The minimum Gasteiger partial charge on any atom is -0.453 e. The van der Waals surface area contributed by atoms with Gasteiger partial charge in [-0.25, -0.2) is 18.2 Å². The van der Waals surface area contributed by atoms with Crippen LogP contribution in [-0.4, -0.2) is 61.4 Å².